The molecule has 3 rings (SSSR count). The molecule has 130 valence electrons. The second-order valence-corrected chi connectivity index (χ2v) is 6.63. The van der Waals surface area contributed by atoms with Crippen molar-refractivity contribution in [3.05, 3.63) is 55.0 Å². The van der Waals surface area contributed by atoms with Crippen molar-refractivity contribution >= 4 is 15.9 Å². The number of pyridine rings is 1. The summed E-state index contributed by atoms with van der Waals surface area (Å²) in [5.74, 6) is 2.22. The molecule has 0 aliphatic heterocycles. The summed E-state index contributed by atoms with van der Waals surface area (Å²) in [5, 5.41) is 1.08. The first-order valence-corrected chi connectivity index (χ1v) is 9.58. The number of nitrogens with zero attached hydrogens (tertiary/aromatic N) is 2. The number of aromatic nitrogens is 2. The van der Waals surface area contributed by atoms with E-state index in [-0.39, 0.29) is 0 Å². The molecule has 0 radical (unpaired) electrons. The first-order chi connectivity index (χ1) is 12.3. The second-order valence-electron chi connectivity index (χ2n) is 5.83. The van der Waals surface area contributed by atoms with Crippen molar-refractivity contribution in [3.63, 3.8) is 0 Å². The number of halogens is 1. The van der Waals surface area contributed by atoms with E-state index < -0.39 is 0 Å². The Balaban J connectivity index is 1.67. The van der Waals surface area contributed by atoms with Gasteiger partial charge in [-0.15, -0.1) is 0 Å². The summed E-state index contributed by atoms with van der Waals surface area (Å²) in [5.41, 5.74) is 1.97. The number of ether oxygens (including phenoxy) is 1. The summed E-state index contributed by atoms with van der Waals surface area (Å²) >= 11 is 3.47. The largest absolute Gasteiger partial charge is 0.497 e. The van der Waals surface area contributed by atoms with Gasteiger partial charge in [-0.25, -0.2) is 9.55 Å². The first-order valence-electron chi connectivity index (χ1n) is 8.46. The van der Waals surface area contributed by atoms with Crippen molar-refractivity contribution < 1.29 is 13.7 Å². The Morgan fingerprint density at radius 3 is 2.44 bits per heavy atom. The zero-order valence-electron chi connectivity index (χ0n) is 14.3. The van der Waals surface area contributed by atoms with Crippen LogP contribution in [0.15, 0.2) is 59.4 Å². The van der Waals surface area contributed by atoms with Crippen molar-refractivity contribution in [2.45, 2.75) is 25.8 Å². The van der Waals surface area contributed by atoms with Crippen LogP contribution in [0.25, 0.3) is 22.8 Å². The molecule has 0 bridgehead atoms. The van der Waals surface area contributed by atoms with Crippen LogP contribution >= 0.6 is 15.9 Å². The van der Waals surface area contributed by atoms with E-state index in [9.17, 15) is 0 Å². The lowest BCUT2D eigenvalue weighted by Crippen LogP contribution is -2.32. The van der Waals surface area contributed by atoms with Gasteiger partial charge >= 0.3 is 0 Å². The summed E-state index contributed by atoms with van der Waals surface area (Å²) < 4.78 is 13.3. The Labute approximate surface area is 156 Å². The normalized spacial score (nSPS) is 10.8. The summed E-state index contributed by atoms with van der Waals surface area (Å²) in [7, 11) is 1.66. The minimum absolute atomic E-state index is 0.636. The van der Waals surface area contributed by atoms with Crippen LogP contribution in [0.3, 0.4) is 0 Å². The molecule has 0 saturated heterocycles. The number of aryl methyl sites for hydroxylation is 1. The molecule has 0 atom stereocenters. The lowest BCUT2D eigenvalue weighted by molar-refractivity contribution is -0.697. The Bertz CT molecular complexity index is 782. The van der Waals surface area contributed by atoms with E-state index in [1.807, 2.05) is 36.4 Å². The predicted octanol–water partition coefficient (Wildman–Crippen LogP) is 4.87. The van der Waals surface area contributed by atoms with Gasteiger partial charge in [-0.1, -0.05) is 15.9 Å². The van der Waals surface area contributed by atoms with Crippen molar-refractivity contribution in [2.75, 3.05) is 12.4 Å². The Kier molecular flexibility index (Phi) is 6.23. The Morgan fingerprint density at radius 2 is 1.76 bits per heavy atom. The average molecular weight is 402 g/mol. The molecular formula is C20H22BrN2O2+. The summed E-state index contributed by atoms with van der Waals surface area (Å²) in [6.07, 6.45) is 9.59. The van der Waals surface area contributed by atoms with Gasteiger partial charge in [0.15, 0.2) is 18.2 Å². The molecule has 4 nitrogen and oxygen atoms in total. The standard InChI is InChI=1S/C20H22BrN2O2/c1-24-18-7-5-16(6-8-18)19-15-22-20(25-19)17-9-13-23(14-10-17)12-4-2-3-11-21/h5-10,13-15H,2-4,11-12H2,1H3/q+1. The molecule has 0 aliphatic carbocycles. The predicted molar refractivity (Wildman–Crippen MR) is 102 cm³/mol. The monoisotopic (exact) mass is 401 g/mol. The van der Waals surface area contributed by atoms with E-state index in [0.717, 1.165) is 34.5 Å². The van der Waals surface area contributed by atoms with Crippen LogP contribution < -0.4 is 9.30 Å². The van der Waals surface area contributed by atoms with Gasteiger partial charge in [-0.05, 0) is 37.1 Å². The summed E-state index contributed by atoms with van der Waals surface area (Å²) in [6.45, 7) is 1.04. The van der Waals surface area contributed by atoms with Gasteiger partial charge in [-0.3, -0.25) is 0 Å². The minimum Gasteiger partial charge on any atom is -0.497 e. The minimum atomic E-state index is 0.636. The molecular weight excluding hydrogens is 380 g/mol. The third-order valence-corrected chi connectivity index (χ3v) is 4.63. The van der Waals surface area contributed by atoms with Gasteiger partial charge in [-0.2, -0.15) is 0 Å². The van der Waals surface area contributed by atoms with Crippen LogP contribution in [0.5, 0.6) is 5.75 Å². The number of alkyl halides is 1. The van der Waals surface area contributed by atoms with E-state index in [2.05, 4.69) is 37.9 Å². The maximum Gasteiger partial charge on any atom is 0.227 e. The lowest BCUT2D eigenvalue weighted by atomic mass is 10.2. The molecule has 0 fully saturated rings. The van der Waals surface area contributed by atoms with Crippen LogP contribution in [0.4, 0.5) is 0 Å². The zero-order chi connectivity index (χ0) is 17.5. The average Bonchev–Trinajstić information content (AvgIpc) is 3.16. The van der Waals surface area contributed by atoms with Crippen molar-refractivity contribution in [1.82, 2.24) is 4.98 Å². The Hall–Kier alpha value is -2.14. The highest BCUT2D eigenvalue weighted by molar-refractivity contribution is 9.09. The molecule has 5 heteroatoms. The highest BCUT2D eigenvalue weighted by Gasteiger charge is 2.10. The number of unbranched alkanes of at least 4 members (excludes halogenated alkanes) is 2. The summed E-state index contributed by atoms with van der Waals surface area (Å²) in [4.78, 5) is 4.41. The van der Waals surface area contributed by atoms with Gasteiger partial charge in [0.05, 0.1) is 13.3 Å². The number of benzene rings is 1. The van der Waals surface area contributed by atoms with Crippen molar-refractivity contribution in [2.24, 2.45) is 0 Å². The van der Waals surface area contributed by atoms with E-state index >= 15 is 0 Å². The smallest absolute Gasteiger partial charge is 0.227 e. The fourth-order valence-corrected chi connectivity index (χ4v) is 3.01. The quantitative estimate of drug-likeness (QED) is 0.307. The first kappa shape index (κ1) is 17.7. The maximum atomic E-state index is 5.92. The fourth-order valence-electron chi connectivity index (χ4n) is 2.61. The van der Waals surface area contributed by atoms with Crippen LogP contribution in [0, 0.1) is 0 Å². The molecule has 2 heterocycles. The van der Waals surface area contributed by atoms with E-state index in [1.165, 1.54) is 19.3 Å². The number of oxazole rings is 1. The van der Waals surface area contributed by atoms with Crippen LogP contribution in [-0.2, 0) is 6.54 Å². The topological polar surface area (TPSA) is 39.1 Å². The van der Waals surface area contributed by atoms with Gasteiger partial charge in [0, 0.05) is 35.0 Å². The van der Waals surface area contributed by atoms with Crippen LogP contribution in [0.2, 0.25) is 0 Å². The fraction of sp³-hybridized carbons (Fsp3) is 0.300. The zero-order valence-corrected chi connectivity index (χ0v) is 15.9. The highest BCUT2D eigenvalue weighted by Crippen LogP contribution is 2.26. The van der Waals surface area contributed by atoms with Crippen molar-refractivity contribution in [1.29, 1.82) is 0 Å². The summed E-state index contributed by atoms with van der Waals surface area (Å²) in [6, 6.07) is 11.9. The molecule has 0 saturated carbocycles. The molecule has 0 N–H and O–H groups in total. The third kappa shape index (κ3) is 4.69. The van der Waals surface area contributed by atoms with Crippen LogP contribution in [-0.4, -0.2) is 17.4 Å². The van der Waals surface area contributed by atoms with Gasteiger partial charge in [0.25, 0.3) is 0 Å². The molecule has 0 unspecified atom stereocenters. The van der Waals surface area contributed by atoms with Crippen LogP contribution in [0.1, 0.15) is 19.3 Å². The number of methoxy groups -OCH3 is 1. The van der Waals surface area contributed by atoms with Gasteiger partial charge in [0.1, 0.15) is 12.3 Å². The van der Waals surface area contributed by atoms with E-state index in [4.69, 9.17) is 9.15 Å². The molecule has 0 amide bonds. The Morgan fingerprint density at radius 1 is 1.00 bits per heavy atom. The van der Waals surface area contributed by atoms with Crippen molar-refractivity contribution in [3.8, 4) is 28.5 Å². The molecule has 1 aromatic carbocycles. The van der Waals surface area contributed by atoms with Gasteiger partial charge < -0.3 is 9.15 Å². The molecule has 0 spiro atoms. The lowest BCUT2D eigenvalue weighted by Gasteiger charge is -2.00. The van der Waals surface area contributed by atoms with E-state index in [1.54, 1.807) is 13.3 Å². The number of hydrogen-bond donors (Lipinski definition) is 0. The number of rotatable bonds is 8. The molecule has 2 aromatic heterocycles. The SMILES string of the molecule is COc1ccc(-c2cnc(-c3cc[n+](CCCCCBr)cc3)o2)cc1. The van der Waals surface area contributed by atoms with E-state index in [0.29, 0.717) is 5.89 Å². The number of hydrogen-bond acceptors (Lipinski definition) is 3. The second kappa shape index (κ2) is 8.81. The molecule has 3 aromatic rings. The third-order valence-electron chi connectivity index (χ3n) is 4.07. The highest BCUT2D eigenvalue weighted by atomic mass is 79.9. The molecule has 0 aliphatic rings. The molecule has 25 heavy (non-hydrogen) atoms. The van der Waals surface area contributed by atoms with Gasteiger partial charge in [0.2, 0.25) is 5.89 Å². The maximum absolute atomic E-state index is 5.92.